The van der Waals surface area contributed by atoms with Gasteiger partial charge in [-0.2, -0.15) is 5.10 Å². The van der Waals surface area contributed by atoms with E-state index in [4.69, 9.17) is 5.73 Å². The maximum absolute atomic E-state index is 12.6. The van der Waals surface area contributed by atoms with E-state index in [0.29, 0.717) is 18.2 Å². The molecule has 0 aliphatic carbocycles. The first-order valence-corrected chi connectivity index (χ1v) is 7.18. The quantitative estimate of drug-likeness (QED) is 0.894. The van der Waals surface area contributed by atoms with E-state index in [2.05, 4.69) is 18.9 Å². The summed E-state index contributed by atoms with van der Waals surface area (Å²) in [5.41, 5.74) is 7.74. The second-order valence-electron chi connectivity index (χ2n) is 5.37. The van der Waals surface area contributed by atoms with Crippen LogP contribution in [0.5, 0.6) is 0 Å². The Labute approximate surface area is 114 Å². The molecule has 2 atom stereocenters. The van der Waals surface area contributed by atoms with Gasteiger partial charge in [0.2, 0.25) is 0 Å². The SMILES string of the molecule is CCc1cc(C(=O)N2CCC(C)C(N)C2)n(CC)n1. The lowest BCUT2D eigenvalue weighted by molar-refractivity contribution is 0.0660. The third-order valence-corrected chi connectivity index (χ3v) is 4.02. The minimum absolute atomic E-state index is 0.0661. The van der Waals surface area contributed by atoms with Gasteiger partial charge in [-0.25, -0.2) is 0 Å². The summed E-state index contributed by atoms with van der Waals surface area (Å²) in [4.78, 5) is 14.4. The predicted molar refractivity (Wildman–Crippen MR) is 74.9 cm³/mol. The molecule has 1 fully saturated rings. The Morgan fingerprint density at radius 3 is 2.84 bits per heavy atom. The molecule has 1 aromatic rings. The number of amides is 1. The Morgan fingerprint density at radius 1 is 1.53 bits per heavy atom. The molecule has 1 saturated heterocycles. The van der Waals surface area contributed by atoms with Crippen molar-refractivity contribution in [2.45, 2.75) is 46.2 Å². The van der Waals surface area contributed by atoms with Gasteiger partial charge in [-0.3, -0.25) is 9.48 Å². The van der Waals surface area contributed by atoms with E-state index >= 15 is 0 Å². The van der Waals surface area contributed by atoms with Crippen molar-refractivity contribution in [1.82, 2.24) is 14.7 Å². The molecule has 5 nitrogen and oxygen atoms in total. The lowest BCUT2D eigenvalue weighted by atomic mass is 9.94. The fraction of sp³-hybridized carbons (Fsp3) is 0.714. The van der Waals surface area contributed by atoms with Gasteiger partial charge >= 0.3 is 0 Å². The molecule has 1 aliphatic rings. The van der Waals surface area contributed by atoms with E-state index in [1.54, 1.807) is 4.68 Å². The average Bonchev–Trinajstić information content (AvgIpc) is 2.84. The number of nitrogens with two attached hydrogens (primary N) is 1. The molecule has 5 heteroatoms. The van der Waals surface area contributed by atoms with Crippen molar-refractivity contribution in [3.05, 3.63) is 17.5 Å². The highest BCUT2D eigenvalue weighted by molar-refractivity contribution is 5.92. The number of carbonyl (C=O) groups is 1. The van der Waals surface area contributed by atoms with Crippen molar-refractivity contribution in [2.75, 3.05) is 13.1 Å². The molecule has 2 heterocycles. The van der Waals surface area contributed by atoms with Crippen LogP contribution in [0.2, 0.25) is 0 Å². The van der Waals surface area contributed by atoms with E-state index in [1.807, 2.05) is 17.9 Å². The molecule has 2 rings (SSSR count). The molecular weight excluding hydrogens is 240 g/mol. The Balaban J connectivity index is 2.17. The van der Waals surface area contributed by atoms with Crippen LogP contribution in [0.15, 0.2) is 6.07 Å². The van der Waals surface area contributed by atoms with Crippen LogP contribution in [0.3, 0.4) is 0 Å². The summed E-state index contributed by atoms with van der Waals surface area (Å²) in [7, 11) is 0. The summed E-state index contributed by atoms with van der Waals surface area (Å²) >= 11 is 0. The minimum atomic E-state index is 0.0661. The van der Waals surface area contributed by atoms with Gasteiger partial charge in [0, 0.05) is 25.7 Å². The predicted octanol–water partition coefficient (Wildman–Crippen LogP) is 1.27. The number of hydrogen-bond donors (Lipinski definition) is 1. The maximum Gasteiger partial charge on any atom is 0.272 e. The average molecular weight is 264 g/mol. The topological polar surface area (TPSA) is 64.2 Å². The zero-order chi connectivity index (χ0) is 14.0. The molecule has 0 aromatic carbocycles. The van der Waals surface area contributed by atoms with Crippen LogP contribution < -0.4 is 5.73 Å². The number of aromatic nitrogens is 2. The zero-order valence-corrected chi connectivity index (χ0v) is 12.1. The number of piperidine rings is 1. The zero-order valence-electron chi connectivity index (χ0n) is 12.1. The van der Waals surface area contributed by atoms with Crippen LogP contribution in [0.25, 0.3) is 0 Å². The number of carbonyl (C=O) groups excluding carboxylic acids is 1. The molecule has 2 N–H and O–H groups in total. The van der Waals surface area contributed by atoms with Crippen LogP contribution in [0.1, 0.15) is 43.4 Å². The lowest BCUT2D eigenvalue weighted by Gasteiger charge is -2.35. The van der Waals surface area contributed by atoms with E-state index < -0.39 is 0 Å². The smallest absolute Gasteiger partial charge is 0.272 e. The molecule has 0 radical (unpaired) electrons. The first-order chi connectivity index (χ1) is 9.06. The van der Waals surface area contributed by atoms with E-state index in [-0.39, 0.29) is 11.9 Å². The molecule has 2 unspecified atom stereocenters. The lowest BCUT2D eigenvalue weighted by Crippen LogP contribution is -2.50. The third kappa shape index (κ3) is 2.81. The van der Waals surface area contributed by atoms with Gasteiger partial charge in [0.1, 0.15) is 5.69 Å². The summed E-state index contributed by atoms with van der Waals surface area (Å²) in [6, 6.07) is 2.00. The molecule has 0 spiro atoms. The molecule has 19 heavy (non-hydrogen) atoms. The Hall–Kier alpha value is -1.36. The van der Waals surface area contributed by atoms with Crippen LogP contribution in [-0.2, 0) is 13.0 Å². The van der Waals surface area contributed by atoms with Crippen LogP contribution in [0, 0.1) is 5.92 Å². The second kappa shape index (κ2) is 5.74. The minimum Gasteiger partial charge on any atom is -0.336 e. The standard InChI is InChI=1S/C14H24N4O/c1-4-11-8-13(18(5-2)16-11)14(19)17-7-6-10(3)12(15)9-17/h8,10,12H,4-7,9,15H2,1-3H3. The van der Waals surface area contributed by atoms with Crippen LogP contribution in [0.4, 0.5) is 0 Å². The Morgan fingerprint density at radius 2 is 2.26 bits per heavy atom. The van der Waals surface area contributed by atoms with Crippen molar-refractivity contribution in [2.24, 2.45) is 11.7 Å². The second-order valence-corrected chi connectivity index (χ2v) is 5.37. The highest BCUT2D eigenvalue weighted by Gasteiger charge is 2.28. The first-order valence-electron chi connectivity index (χ1n) is 7.18. The van der Waals surface area contributed by atoms with Crippen LogP contribution in [-0.4, -0.2) is 39.7 Å². The molecule has 0 bridgehead atoms. The van der Waals surface area contributed by atoms with Gasteiger partial charge in [0.05, 0.1) is 5.69 Å². The van der Waals surface area contributed by atoms with Gasteiger partial charge in [0.15, 0.2) is 0 Å². The van der Waals surface area contributed by atoms with Gasteiger partial charge in [-0.1, -0.05) is 13.8 Å². The van der Waals surface area contributed by atoms with Crippen molar-refractivity contribution in [1.29, 1.82) is 0 Å². The molecular formula is C14H24N4O. The molecule has 106 valence electrons. The summed E-state index contributed by atoms with van der Waals surface area (Å²) in [6.45, 7) is 8.37. The summed E-state index contributed by atoms with van der Waals surface area (Å²) in [6.07, 6.45) is 1.83. The number of aryl methyl sites for hydroxylation is 2. The van der Waals surface area contributed by atoms with Crippen molar-refractivity contribution < 1.29 is 4.79 Å². The molecule has 1 aliphatic heterocycles. The fourth-order valence-electron chi connectivity index (χ4n) is 2.50. The van der Waals surface area contributed by atoms with Gasteiger partial charge in [-0.15, -0.1) is 0 Å². The largest absolute Gasteiger partial charge is 0.336 e. The monoisotopic (exact) mass is 264 g/mol. The summed E-state index contributed by atoms with van der Waals surface area (Å²) < 4.78 is 1.80. The van der Waals surface area contributed by atoms with Crippen molar-refractivity contribution in [3.63, 3.8) is 0 Å². The number of rotatable bonds is 3. The van der Waals surface area contributed by atoms with E-state index in [9.17, 15) is 4.79 Å². The normalized spacial score (nSPS) is 23.7. The van der Waals surface area contributed by atoms with Crippen molar-refractivity contribution >= 4 is 5.91 Å². The van der Waals surface area contributed by atoms with E-state index in [1.165, 1.54) is 0 Å². The third-order valence-electron chi connectivity index (χ3n) is 4.02. The van der Waals surface area contributed by atoms with Gasteiger partial charge in [0.25, 0.3) is 5.91 Å². The molecule has 0 saturated carbocycles. The van der Waals surface area contributed by atoms with Gasteiger partial charge < -0.3 is 10.6 Å². The van der Waals surface area contributed by atoms with E-state index in [0.717, 1.165) is 31.6 Å². The maximum atomic E-state index is 12.6. The number of likely N-dealkylation sites (tertiary alicyclic amines) is 1. The first kappa shape index (κ1) is 14.1. The summed E-state index contributed by atoms with van der Waals surface area (Å²) in [5.74, 6) is 0.558. The Kier molecular flexibility index (Phi) is 4.24. The fourth-order valence-corrected chi connectivity index (χ4v) is 2.50. The highest BCUT2D eigenvalue weighted by atomic mass is 16.2. The molecule has 1 aromatic heterocycles. The van der Waals surface area contributed by atoms with Crippen LogP contribution >= 0.6 is 0 Å². The molecule has 1 amide bonds. The Bertz CT molecular complexity index is 454. The van der Waals surface area contributed by atoms with Gasteiger partial charge in [-0.05, 0) is 31.7 Å². The summed E-state index contributed by atoms with van der Waals surface area (Å²) in [5, 5.41) is 4.43. The number of nitrogens with zero attached hydrogens (tertiary/aromatic N) is 3. The number of hydrogen-bond acceptors (Lipinski definition) is 3. The van der Waals surface area contributed by atoms with Crippen molar-refractivity contribution in [3.8, 4) is 0 Å². The highest BCUT2D eigenvalue weighted by Crippen LogP contribution is 2.18.